The molecule has 2 aromatic carbocycles. The van der Waals surface area contributed by atoms with Crippen molar-refractivity contribution in [3.05, 3.63) is 68.0 Å². The molecule has 0 aliphatic rings. The molecule has 2 aromatic rings. The Morgan fingerprint density at radius 3 is 2.32 bits per heavy atom. The van der Waals surface area contributed by atoms with E-state index in [1.807, 2.05) is 0 Å². The lowest BCUT2D eigenvalue weighted by molar-refractivity contribution is -0.387. The molecule has 10 nitrogen and oxygen atoms in total. The minimum absolute atomic E-state index is 0.109. The molecule has 1 atom stereocenters. The Balaban J connectivity index is 2.05. The highest BCUT2D eigenvalue weighted by Gasteiger charge is 2.32. The van der Waals surface area contributed by atoms with Crippen LogP contribution in [0.2, 0.25) is 0 Å². The summed E-state index contributed by atoms with van der Waals surface area (Å²) in [4.78, 5) is 32.2. The lowest BCUT2D eigenvalue weighted by Gasteiger charge is -2.22. The summed E-state index contributed by atoms with van der Waals surface area (Å²) >= 11 is 0. The fourth-order valence-corrected chi connectivity index (χ4v) is 2.22. The molecule has 1 amide bonds. The second kappa shape index (κ2) is 7.96. The van der Waals surface area contributed by atoms with Crippen LogP contribution in [0.3, 0.4) is 0 Å². The summed E-state index contributed by atoms with van der Waals surface area (Å²) in [6.07, 6.45) is 0. The molecule has 1 unspecified atom stereocenters. The molecule has 0 bridgehead atoms. The van der Waals surface area contributed by atoms with Gasteiger partial charge in [0.2, 0.25) is 5.82 Å². The first-order chi connectivity index (χ1) is 13.0. The van der Waals surface area contributed by atoms with Crippen LogP contribution in [0.5, 0.6) is 5.75 Å². The molecule has 0 aliphatic carbocycles. The van der Waals surface area contributed by atoms with E-state index < -0.39 is 39.5 Å². The Morgan fingerprint density at radius 2 is 1.79 bits per heavy atom. The second-order valence-electron chi connectivity index (χ2n) is 6.15. The predicted molar refractivity (Wildman–Crippen MR) is 95.6 cm³/mol. The van der Waals surface area contributed by atoms with Crippen LogP contribution in [0.1, 0.15) is 12.5 Å². The number of ether oxygens (including phenoxy) is 1. The average Bonchev–Trinajstić information content (AvgIpc) is 2.59. The number of benzene rings is 2. The van der Waals surface area contributed by atoms with Crippen molar-refractivity contribution in [3.8, 4) is 5.75 Å². The monoisotopic (exact) mass is 393 g/mol. The largest absolute Gasteiger partial charge is 0.490 e. The van der Waals surface area contributed by atoms with Crippen LogP contribution < -0.4 is 10.1 Å². The van der Waals surface area contributed by atoms with Gasteiger partial charge in [0.25, 0.3) is 11.6 Å². The van der Waals surface area contributed by atoms with Gasteiger partial charge in [-0.2, -0.15) is 4.39 Å². The van der Waals surface area contributed by atoms with Crippen LogP contribution in [0, 0.1) is 33.0 Å². The van der Waals surface area contributed by atoms with Gasteiger partial charge in [-0.05, 0) is 32.0 Å². The van der Waals surface area contributed by atoms with E-state index in [0.717, 1.165) is 25.1 Å². The van der Waals surface area contributed by atoms with E-state index in [-0.39, 0.29) is 17.1 Å². The number of halogens is 1. The molecule has 0 spiro atoms. The van der Waals surface area contributed by atoms with E-state index >= 15 is 0 Å². The third-order valence-electron chi connectivity index (χ3n) is 3.78. The van der Waals surface area contributed by atoms with Crippen LogP contribution in [0.4, 0.5) is 21.5 Å². The maximum Gasteiger partial charge on any atom is 0.305 e. The zero-order valence-corrected chi connectivity index (χ0v) is 14.8. The Morgan fingerprint density at radius 1 is 1.18 bits per heavy atom. The molecule has 0 heterocycles. The molecular weight excluding hydrogens is 377 g/mol. The third-order valence-corrected chi connectivity index (χ3v) is 3.78. The number of nitro benzene ring substituents is 2. The van der Waals surface area contributed by atoms with Crippen molar-refractivity contribution >= 4 is 23.0 Å². The van der Waals surface area contributed by atoms with Crippen molar-refractivity contribution in [2.75, 3.05) is 11.9 Å². The number of nitrogens with one attached hydrogen (secondary N) is 1. The maximum atomic E-state index is 13.6. The molecule has 2 N–H and O–H groups in total. The van der Waals surface area contributed by atoms with Crippen LogP contribution >= 0.6 is 0 Å². The van der Waals surface area contributed by atoms with Gasteiger partial charge in [0.1, 0.15) is 12.4 Å². The minimum Gasteiger partial charge on any atom is -0.490 e. The van der Waals surface area contributed by atoms with Crippen molar-refractivity contribution in [1.29, 1.82) is 0 Å². The van der Waals surface area contributed by atoms with E-state index in [9.17, 15) is 34.5 Å². The molecule has 0 saturated carbocycles. The molecule has 11 heteroatoms. The highest BCUT2D eigenvalue weighted by atomic mass is 19.1. The van der Waals surface area contributed by atoms with Gasteiger partial charge in [-0.15, -0.1) is 0 Å². The van der Waals surface area contributed by atoms with E-state index in [4.69, 9.17) is 4.74 Å². The molecule has 0 aliphatic heterocycles. The number of rotatable bonds is 7. The van der Waals surface area contributed by atoms with Gasteiger partial charge in [-0.1, -0.05) is 0 Å². The molecule has 148 valence electrons. The Labute approximate surface area is 157 Å². The van der Waals surface area contributed by atoms with E-state index in [2.05, 4.69) is 5.32 Å². The van der Waals surface area contributed by atoms with Crippen LogP contribution in [0.15, 0.2) is 36.4 Å². The van der Waals surface area contributed by atoms with E-state index in [1.165, 1.54) is 25.1 Å². The normalized spacial score (nSPS) is 12.7. The highest BCUT2D eigenvalue weighted by Crippen LogP contribution is 2.24. The van der Waals surface area contributed by atoms with Crippen molar-refractivity contribution in [3.63, 3.8) is 0 Å². The second-order valence-corrected chi connectivity index (χ2v) is 6.15. The van der Waals surface area contributed by atoms with Crippen molar-refractivity contribution < 1.29 is 28.9 Å². The van der Waals surface area contributed by atoms with Crippen LogP contribution in [0.25, 0.3) is 0 Å². The van der Waals surface area contributed by atoms with Gasteiger partial charge in [0.05, 0.1) is 9.85 Å². The molecule has 0 radical (unpaired) electrons. The summed E-state index contributed by atoms with van der Waals surface area (Å²) in [7, 11) is 0. The fourth-order valence-electron chi connectivity index (χ4n) is 2.22. The number of nitro groups is 2. The number of hydrogen-bond donors (Lipinski definition) is 2. The van der Waals surface area contributed by atoms with Crippen molar-refractivity contribution in [2.45, 2.75) is 19.4 Å². The highest BCUT2D eigenvalue weighted by molar-refractivity contribution is 5.97. The first-order valence-corrected chi connectivity index (χ1v) is 7.87. The molecular formula is C17H16FN3O7. The maximum absolute atomic E-state index is 13.6. The smallest absolute Gasteiger partial charge is 0.305 e. The number of anilines is 1. The average molecular weight is 393 g/mol. The van der Waals surface area contributed by atoms with Crippen LogP contribution in [-0.2, 0) is 4.79 Å². The number of hydrogen-bond acceptors (Lipinski definition) is 7. The SMILES string of the molecule is Cc1cc(NC(=O)C(C)(O)COc2ccc([N+](=O)[O-])c(F)c2)ccc1[N+](=O)[O-]. The zero-order valence-electron chi connectivity index (χ0n) is 14.8. The van der Waals surface area contributed by atoms with Gasteiger partial charge >= 0.3 is 5.69 Å². The molecule has 28 heavy (non-hydrogen) atoms. The summed E-state index contributed by atoms with van der Waals surface area (Å²) in [5.74, 6) is -2.08. The predicted octanol–water partition coefficient (Wildman–Crippen LogP) is 2.72. The Bertz CT molecular complexity index is 946. The first kappa shape index (κ1) is 20.7. The lowest BCUT2D eigenvalue weighted by atomic mass is 10.1. The lowest BCUT2D eigenvalue weighted by Crippen LogP contribution is -2.45. The van der Waals surface area contributed by atoms with Gasteiger partial charge in [-0.25, -0.2) is 0 Å². The topological polar surface area (TPSA) is 145 Å². The number of amides is 1. The molecule has 0 aromatic heterocycles. The quantitative estimate of drug-likeness (QED) is 0.543. The summed E-state index contributed by atoms with van der Waals surface area (Å²) in [5.41, 5.74) is -2.33. The molecule has 0 fully saturated rings. The number of aryl methyl sites for hydroxylation is 1. The number of carbonyl (C=O) groups is 1. The summed E-state index contributed by atoms with van der Waals surface area (Å²) in [5, 5.41) is 34.1. The number of aliphatic hydroxyl groups is 1. The number of carbonyl (C=O) groups excluding carboxylic acids is 1. The van der Waals surface area contributed by atoms with E-state index in [0.29, 0.717) is 5.56 Å². The van der Waals surface area contributed by atoms with Gasteiger partial charge in [0.15, 0.2) is 5.60 Å². The molecule has 0 saturated heterocycles. The third kappa shape index (κ3) is 4.76. The Kier molecular flexibility index (Phi) is 5.89. The summed E-state index contributed by atoms with van der Waals surface area (Å²) < 4.78 is 18.7. The number of nitrogens with zero attached hydrogens (tertiary/aromatic N) is 2. The zero-order chi connectivity index (χ0) is 21.1. The van der Waals surface area contributed by atoms with Crippen molar-refractivity contribution in [1.82, 2.24) is 0 Å². The van der Waals surface area contributed by atoms with Gasteiger partial charge in [0, 0.05) is 29.4 Å². The minimum atomic E-state index is -2.03. The van der Waals surface area contributed by atoms with Gasteiger partial charge < -0.3 is 15.2 Å². The van der Waals surface area contributed by atoms with E-state index in [1.54, 1.807) is 0 Å². The standard InChI is InChI=1S/C17H16FN3O7/c1-10-7-11(3-5-14(10)20(24)25)19-16(22)17(2,23)9-28-12-4-6-15(21(26)27)13(18)8-12/h3-8,23H,9H2,1-2H3,(H,19,22). The van der Waals surface area contributed by atoms with Crippen molar-refractivity contribution in [2.24, 2.45) is 0 Å². The molecule has 2 rings (SSSR count). The summed E-state index contributed by atoms with van der Waals surface area (Å²) in [6, 6.07) is 6.71. The van der Waals surface area contributed by atoms with Crippen LogP contribution in [-0.4, -0.2) is 33.1 Å². The first-order valence-electron chi connectivity index (χ1n) is 7.87. The summed E-state index contributed by atoms with van der Waals surface area (Å²) in [6.45, 7) is 2.09. The fraction of sp³-hybridized carbons (Fsp3) is 0.235. The van der Waals surface area contributed by atoms with Gasteiger partial charge in [-0.3, -0.25) is 25.0 Å². The Hall–Kier alpha value is -3.60.